The van der Waals surface area contributed by atoms with Gasteiger partial charge in [-0.3, -0.25) is 10.1 Å². The maximum atomic E-state index is 11.4. The molecule has 0 spiro atoms. The van der Waals surface area contributed by atoms with Crippen LogP contribution < -0.4 is 16.0 Å². The van der Waals surface area contributed by atoms with Gasteiger partial charge in [0.25, 0.3) is 0 Å². The van der Waals surface area contributed by atoms with Gasteiger partial charge >= 0.3 is 6.03 Å². The molecule has 0 saturated carbocycles. The lowest BCUT2D eigenvalue weighted by molar-refractivity contribution is -0.118. The third-order valence-electron chi connectivity index (χ3n) is 2.04. The lowest BCUT2D eigenvalue weighted by Crippen LogP contribution is -2.41. The van der Waals surface area contributed by atoms with E-state index in [0.29, 0.717) is 17.8 Å². The highest BCUT2D eigenvalue weighted by atomic mass is 16.2. The molecule has 3 amide bonds. The van der Waals surface area contributed by atoms with Gasteiger partial charge in [-0.25, -0.2) is 4.79 Å². The van der Waals surface area contributed by atoms with Gasteiger partial charge in [0.05, 0.1) is 18.2 Å². The molecule has 1 aromatic carbocycles. The number of carbonyl (C=O) groups is 2. The average Bonchev–Trinajstić information content (AvgIpc) is 2.37. The Morgan fingerprint density at radius 1 is 1.39 bits per heavy atom. The van der Waals surface area contributed by atoms with Crippen LogP contribution in [-0.4, -0.2) is 25.0 Å². The number of benzene rings is 1. The van der Waals surface area contributed by atoms with Crippen molar-refractivity contribution in [3.8, 4) is 6.07 Å². The Morgan fingerprint density at radius 2 is 2.17 bits per heavy atom. The molecule has 3 N–H and O–H groups in total. The van der Waals surface area contributed by atoms with Crippen LogP contribution in [0.25, 0.3) is 0 Å². The second-order valence-corrected chi connectivity index (χ2v) is 3.45. The summed E-state index contributed by atoms with van der Waals surface area (Å²) >= 11 is 0. The molecule has 0 aliphatic rings. The minimum absolute atomic E-state index is 0.0357. The van der Waals surface area contributed by atoms with Crippen LogP contribution in [0.3, 0.4) is 0 Å². The van der Waals surface area contributed by atoms with E-state index in [-0.39, 0.29) is 6.54 Å². The molecule has 0 heterocycles. The molecule has 6 heteroatoms. The Labute approximate surface area is 105 Å². The molecule has 1 rings (SSSR count). The van der Waals surface area contributed by atoms with Gasteiger partial charge < -0.3 is 10.6 Å². The van der Waals surface area contributed by atoms with Crippen molar-refractivity contribution >= 4 is 17.6 Å². The number of imide groups is 1. The first-order valence-corrected chi connectivity index (χ1v) is 5.47. The Kier molecular flexibility index (Phi) is 5.19. The smallest absolute Gasteiger partial charge is 0.321 e. The summed E-state index contributed by atoms with van der Waals surface area (Å²) in [4.78, 5) is 22.4. The quantitative estimate of drug-likeness (QED) is 0.733. The summed E-state index contributed by atoms with van der Waals surface area (Å²) in [5, 5.41) is 16.1. The van der Waals surface area contributed by atoms with Gasteiger partial charge in [-0.2, -0.15) is 5.26 Å². The van der Waals surface area contributed by atoms with E-state index in [2.05, 4.69) is 16.0 Å². The van der Waals surface area contributed by atoms with E-state index in [9.17, 15) is 9.59 Å². The Hall–Kier alpha value is -2.55. The standard InChI is InChI=1S/C12H14N4O2/c1-2-14-12(18)16-11(17)8-15-10-5-3-4-9(6-10)7-13/h3-6,15H,2,8H2,1H3,(H2,14,16,17,18). The van der Waals surface area contributed by atoms with Crippen LogP contribution in [0.4, 0.5) is 10.5 Å². The van der Waals surface area contributed by atoms with E-state index in [1.807, 2.05) is 6.07 Å². The first-order chi connectivity index (χ1) is 8.65. The Balaban J connectivity index is 2.43. The number of carbonyl (C=O) groups excluding carboxylic acids is 2. The summed E-state index contributed by atoms with van der Waals surface area (Å²) in [6.07, 6.45) is 0. The van der Waals surface area contributed by atoms with Gasteiger partial charge in [0.1, 0.15) is 0 Å². The second-order valence-electron chi connectivity index (χ2n) is 3.45. The summed E-state index contributed by atoms with van der Waals surface area (Å²) in [5.74, 6) is -0.441. The molecule has 0 aliphatic carbocycles. The van der Waals surface area contributed by atoms with Crippen LogP contribution in [0.2, 0.25) is 0 Å². The summed E-state index contributed by atoms with van der Waals surface area (Å²) in [6.45, 7) is 2.18. The fourth-order valence-electron chi connectivity index (χ4n) is 1.26. The first kappa shape index (κ1) is 13.5. The van der Waals surface area contributed by atoms with Crippen LogP contribution in [0, 0.1) is 11.3 Å². The number of rotatable bonds is 4. The summed E-state index contributed by atoms with van der Waals surface area (Å²) in [5.41, 5.74) is 1.16. The molecule has 0 aliphatic heterocycles. The van der Waals surface area contributed by atoms with Crippen LogP contribution >= 0.6 is 0 Å². The Bertz CT molecular complexity index is 479. The van der Waals surface area contributed by atoms with Crippen molar-refractivity contribution < 1.29 is 9.59 Å². The molecule has 0 unspecified atom stereocenters. The van der Waals surface area contributed by atoms with Gasteiger partial charge in [0.2, 0.25) is 5.91 Å². The number of hydrogen-bond acceptors (Lipinski definition) is 4. The molecule has 0 atom stereocenters. The minimum Gasteiger partial charge on any atom is -0.376 e. The number of hydrogen-bond donors (Lipinski definition) is 3. The highest BCUT2D eigenvalue weighted by Gasteiger charge is 2.05. The monoisotopic (exact) mass is 246 g/mol. The predicted octanol–water partition coefficient (Wildman–Crippen LogP) is 0.816. The number of anilines is 1. The lowest BCUT2D eigenvalue weighted by atomic mass is 10.2. The number of nitrogens with one attached hydrogen (secondary N) is 3. The number of nitriles is 1. The molecule has 1 aromatic rings. The topological polar surface area (TPSA) is 94.0 Å². The van der Waals surface area contributed by atoms with E-state index >= 15 is 0 Å². The highest BCUT2D eigenvalue weighted by Crippen LogP contribution is 2.08. The molecular weight excluding hydrogens is 232 g/mol. The maximum Gasteiger partial charge on any atom is 0.321 e. The molecule has 0 saturated heterocycles. The Morgan fingerprint density at radius 3 is 2.83 bits per heavy atom. The predicted molar refractivity (Wildman–Crippen MR) is 66.9 cm³/mol. The SMILES string of the molecule is CCNC(=O)NC(=O)CNc1cccc(C#N)c1. The largest absolute Gasteiger partial charge is 0.376 e. The van der Waals surface area contributed by atoms with Crippen molar-refractivity contribution in [2.45, 2.75) is 6.92 Å². The third kappa shape index (κ3) is 4.53. The van der Waals surface area contributed by atoms with Gasteiger partial charge in [0, 0.05) is 12.2 Å². The van der Waals surface area contributed by atoms with Crippen molar-refractivity contribution in [2.24, 2.45) is 0 Å². The number of nitrogens with zero attached hydrogens (tertiary/aromatic N) is 1. The minimum atomic E-state index is -0.518. The molecule has 0 bridgehead atoms. The lowest BCUT2D eigenvalue weighted by Gasteiger charge is -2.07. The van der Waals surface area contributed by atoms with Crippen LogP contribution in [-0.2, 0) is 4.79 Å². The molecular formula is C12H14N4O2. The van der Waals surface area contributed by atoms with Gasteiger partial charge in [-0.1, -0.05) is 6.07 Å². The van der Waals surface area contributed by atoms with Gasteiger partial charge in [-0.15, -0.1) is 0 Å². The van der Waals surface area contributed by atoms with E-state index < -0.39 is 11.9 Å². The number of amides is 3. The molecule has 0 fully saturated rings. The summed E-state index contributed by atoms with van der Waals surface area (Å²) in [6, 6.07) is 8.22. The van der Waals surface area contributed by atoms with E-state index in [4.69, 9.17) is 5.26 Å². The van der Waals surface area contributed by atoms with E-state index in [1.165, 1.54) is 0 Å². The average molecular weight is 246 g/mol. The number of urea groups is 1. The fourth-order valence-corrected chi connectivity index (χ4v) is 1.26. The molecule has 0 radical (unpaired) electrons. The zero-order valence-corrected chi connectivity index (χ0v) is 9.99. The first-order valence-electron chi connectivity index (χ1n) is 5.47. The van der Waals surface area contributed by atoms with Crippen molar-refractivity contribution in [3.05, 3.63) is 29.8 Å². The fraction of sp³-hybridized carbons (Fsp3) is 0.250. The second kappa shape index (κ2) is 6.91. The normalized spacial score (nSPS) is 9.11. The van der Waals surface area contributed by atoms with Crippen molar-refractivity contribution in [1.82, 2.24) is 10.6 Å². The summed E-state index contributed by atoms with van der Waals surface area (Å²) in [7, 11) is 0. The molecule has 18 heavy (non-hydrogen) atoms. The maximum absolute atomic E-state index is 11.4. The molecule has 6 nitrogen and oxygen atoms in total. The van der Waals surface area contributed by atoms with Crippen molar-refractivity contribution in [2.75, 3.05) is 18.4 Å². The zero-order chi connectivity index (χ0) is 13.4. The van der Waals surface area contributed by atoms with Gasteiger partial charge in [-0.05, 0) is 25.1 Å². The molecule has 0 aromatic heterocycles. The zero-order valence-electron chi connectivity index (χ0n) is 9.99. The van der Waals surface area contributed by atoms with Crippen molar-refractivity contribution in [1.29, 1.82) is 5.26 Å². The van der Waals surface area contributed by atoms with Gasteiger partial charge in [0.15, 0.2) is 0 Å². The van der Waals surface area contributed by atoms with Crippen LogP contribution in [0.5, 0.6) is 0 Å². The third-order valence-corrected chi connectivity index (χ3v) is 2.04. The highest BCUT2D eigenvalue weighted by molar-refractivity contribution is 5.96. The van der Waals surface area contributed by atoms with E-state index in [1.54, 1.807) is 31.2 Å². The summed E-state index contributed by atoms with van der Waals surface area (Å²) < 4.78 is 0. The van der Waals surface area contributed by atoms with Crippen LogP contribution in [0.15, 0.2) is 24.3 Å². The van der Waals surface area contributed by atoms with E-state index in [0.717, 1.165) is 0 Å². The van der Waals surface area contributed by atoms with Crippen molar-refractivity contribution in [3.63, 3.8) is 0 Å². The van der Waals surface area contributed by atoms with Crippen LogP contribution in [0.1, 0.15) is 12.5 Å². The molecule has 94 valence electrons.